The number of hydrogen-bond donors (Lipinski definition) is 7. The Morgan fingerprint density at radius 1 is 0.854 bits per heavy atom. The van der Waals surface area contributed by atoms with Crippen LogP contribution in [0.2, 0.25) is 0 Å². The molecule has 0 aromatic heterocycles. The first-order chi connectivity index (χ1) is 38.6. The van der Waals surface area contributed by atoms with Crippen LogP contribution in [0.3, 0.4) is 0 Å². The van der Waals surface area contributed by atoms with Crippen molar-refractivity contribution in [3.63, 3.8) is 0 Å². The molecule has 20 nitrogen and oxygen atoms in total. The van der Waals surface area contributed by atoms with Crippen molar-refractivity contribution in [3.05, 3.63) is 59.7 Å². The number of fused-ring (bicyclic) bond motifs is 10. The molecule has 21 heteroatoms. The molecule has 0 aliphatic carbocycles. The van der Waals surface area contributed by atoms with Gasteiger partial charge >= 0.3 is 11.9 Å². The second-order valence-electron chi connectivity index (χ2n) is 25.4. The van der Waals surface area contributed by atoms with Crippen molar-refractivity contribution >= 4 is 29.3 Å². The summed E-state index contributed by atoms with van der Waals surface area (Å²) in [5.41, 5.74) is -0.103. The van der Waals surface area contributed by atoms with Gasteiger partial charge in [0.05, 0.1) is 91.9 Å². The lowest BCUT2D eigenvalue weighted by atomic mass is 9.78. The second kappa shape index (κ2) is 26.9. The maximum absolute atomic E-state index is 14.4. The molecular weight excluding hydrogens is 1090 g/mol. The van der Waals surface area contributed by atoms with Gasteiger partial charge in [-0.05, 0) is 50.7 Å². The fourth-order valence-electron chi connectivity index (χ4n) is 14.2. The number of ether oxygens (including phenoxy) is 10. The maximum atomic E-state index is 14.4. The number of allylic oxidation sites excluding steroid dienone is 3. The molecule has 8 aliphatic rings. The first-order valence-electron chi connectivity index (χ1n) is 29.6. The standard InChI is InChI=1S/C61H91ClO20/c1-32(17-40(64)16-15-33(2)62)18-51-53(69)55-37(6)56(76-51)57(70)61(72)29-49(67)35(4)50(82-61)14-12-10-11-13-42-20-41(65)25-59(78-42)27-45(73-9)21-43(79-59)23-48(66)36(5)54-34(3)39(30-74-54)19-47-26-58(8,71)31-60(81-47)28-46(75-38(7)63)22-44(80-60)24-52(68)77-55/h11,13,15-16,19,34-37,40-47,49-51,53-57,64-65,67,69-72H,1-2,10,12,14,17-18,20-31H2,3-9H3/b13-11-,16-15+,39-19-/t34-,35-,36+,37+,40-,41+,42+,43+,44-,45+,46+,47+,49+,50-,51+,53+,54+,55+,56+,57-,58+,59-,60-,61-/m0/s1. The van der Waals surface area contributed by atoms with Crippen LogP contribution in [0.25, 0.3) is 0 Å². The quantitative estimate of drug-likeness (QED) is 0.0915. The summed E-state index contributed by atoms with van der Waals surface area (Å²) in [6.07, 6.45) is -4.89. The van der Waals surface area contributed by atoms with Crippen LogP contribution in [0.1, 0.15) is 144 Å². The zero-order chi connectivity index (χ0) is 59.6. The van der Waals surface area contributed by atoms with Crippen molar-refractivity contribution in [1.29, 1.82) is 0 Å². The van der Waals surface area contributed by atoms with E-state index in [-0.39, 0.29) is 80.8 Å². The van der Waals surface area contributed by atoms with Crippen LogP contribution in [-0.2, 0) is 61.8 Å². The van der Waals surface area contributed by atoms with Gasteiger partial charge < -0.3 is 83.1 Å². The highest BCUT2D eigenvalue weighted by Gasteiger charge is 2.58. The molecule has 462 valence electrons. The van der Waals surface area contributed by atoms with Crippen molar-refractivity contribution in [2.75, 3.05) is 13.7 Å². The third-order valence-electron chi connectivity index (χ3n) is 18.3. The van der Waals surface area contributed by atoms with Gasteiger partial charge in [-0.2, -0.15) is 0 Å². The molecule has 8 aliphatic heterocycles. The predicted octanol–water partition coefficient (Wildman–Crippen LogP) is 5.36. The van der Waals surface area contributed by atoms with Gasteiger partial charge in [0.2, 0.25) is 0 Å². The van der Waals surface area contributed by atoms with Crippen molar-refractivity contribution < 1.29 is 97.5 Å². The minimum absolute atomic E-state index is 0.0131. The summed E-state index contributed by atoms with van der Waals surface area (Å²) in [6, 6.07) is 0. The van der Waals surface area contributed by atoms with Crippen LogP contribution in [0.4, 0.5) is 0 Å². The molecule has 2 spiro atoms. The Morgan fingerprint density at radius 2 is 1.55 bits per heavy atom. The van der Waals surface area contributed by atoms with Crippen molar-refractivity contribution in [1.82, 2.24) is 0 Å². The average molecular weight is 1180 g/mol. The number of esters is 2. The van der Waals surface area contributed by atoms with Crippen LogP contribution < -0.4 is 0 Å². The number of Topliss-reactive ketones (excluding diaryl/α,β-unsaturated/α-hetero) is 1. The van der Waals surface area contributed by atoms with Gasteiger partial charge in [-0.3, -0.25) is 14.4 Å². The molecule has 24 atom stereocenters. The van der Waals surface area contributed by atoms with E-state index in [1.165, 1.54) is 19.1 Å². The van der Waals surface area contributed by atoms with Gasteiger partial charge in [-0.15, -0.1) is 0 Å². The van der Waals surface area contributed by atoms with E-state index in [1.807, 2.05) is 32.1 Å². The Morgan fingerprint density at radius 3 is 2.27 bits per heavy atom. The van der Waals surface area contributed by atoms with E-state index in [2.05, 4.69) is 13.2 Å². The molecule has 0 aromatic carbocycles. The zero-order valence-electron chi connectivity index (χ0n) is 48.7. The predicted molar refractivity (Wildman–Crippen MR) is 296 cm³/mol. The number of ketones is 1. The monoisotopic (exact) mass is 1180 g/mol. The van der Waals surface area contributed by atoms with Crippen molar-refractivity contribution in [3.8, 4) is 0 Å². The summed E-state index contributed by atoms with van der Waals surface area (Å²) < 4.78 is 63.9. The summed E-state index contributed by atoms with van der Waals surface area (Å²) >= 11 is 5.89. The van der Waals surface area contributed by atoms with Crippen molar-refractivity contribution in [2.24, 2.45) is 23.7 Å². The Labute approximate surface area is 487 Å². The highest BCUT2D eigenvalue weighted by Crippen LogP contribution is 2.48. The average Bonchev–Trinajstić information content (AvgIpc) is 2.35. The third-order valence-corrected chi connectivity index (χ3v) is 18.4. The van der Waals surface area contributed by atoms with Gasteiger partial charge in [0.1, 0.15) is 30.2 Å². The van der Waals surface area contributed by atoms with Crippen LogP contribution in [0.5, 0.6) is 0 Å². The first-order valence-corrected chi connectivity index (χ1v) is 29.9. The molecule has 82 heavy (non-hydrogen) atoms. The Balaban J connectivity index is 1.10. The molecule has 0 amide bonds. The minimum atomic E-state index is -2.39. The van der Waals surface area contributed by atoms with E-state index in [0.717, 1.165) is 5.57 Å². The van der Waals surface area contributed by atoms with Gasteiger partial charge in [0.25, 0.3) is 0 Å². The van der Waals surface area contributed by atoms with E-state index in [4.69, 9.17) is 59.0 Å². The Kier molecular flexibility index (Phi) is 21.4. The van der Waals surface area contributed by atoms with E-state index in [0.29, 0.717) is 44.1 Å². The number of halogens is 1. The number of carbonyl (C=O) groups is 3. The fraction of sp³-hybridized carbons (Fsp3) is 0.787. The largest absolute Gasteiger partial charge is 0.462 e. The molecular formula is C61H91ClO20. The molecule has 7 fully saturated rings. The molecule has 8 rings (SSSR count). The van der Waals surface area contributed by atoms with Crippen LogP contribution in [0.15, 0.2) is 59.7 Å². The van der Waals surface area contributed by atoms with Crippen LogP contribution in [0, 0.1) is 23.7 Å². The molecule has 12 bridgehead atoms. The van der Waals surface area contributed by atoms with E-state index in [9.17, 15) is 50.1 Å². The molecule has 0 saturated carbocycles. The van der Waals surface area contributed by atoms with Gasteiger partial charge in [-0.25, -0.2) is 0 Å². The van der Waals surface area contributed by atoms with Crippen molar-refractivity contribution in [2.45, 2.75) is 265 Å². The van der Waals surface area contributed by atoms with E-state index < -0.39 is 157 Å². The van der Waals surface area contributed by atoms with Gasteiger partial charge in [-0.1, -0.05) is 82.3 Å². The molecule has 7 saturated heterocycles. The number of methoxy groups -OCH3 is 1. The number of hydrogen-bond acceptors (Lipinski definition) is 20. The topological polar surface area (TPSA) is 285 Å². The fourth-order valence-corrected chi connectivity index (χ4v) is 14.3. The SMILES string of the molecule is C=C(Cl)/C=C/[C@H](O)CC(=C)C[C@H]1O[C@@H]2[C@H](C)[C@@H](OC(=O)C[C@@H]3C[C@@H](OC(C)=O)C[C@]4(C[C@](C)(O)C[C@@H](/C=C5/CO[C@@H]([C@H](C)C(=O)C[C@H]6C[C@@H](OC)C[C@]7(C[C@H](O)C[C@@H](/C=C\CCC[C@@H]8O[C@@](O)(C[C@@H](O)[C@@H]8C)[C@H]2O)O7)O6)[C@H]5C)O4)O3)[C@@H]1O. The number of rotatable bonds is 8. The van der Waals surface area contributed by atoms with Gasteiger partial charge in [0, 0.05) is 107 Å². The smallest absolute Gasteiger partial charge is 0.308 e. The van der Waals surface area contributed by atoms with Crippen LogP contribution in [-0.4, -0.2) is 188 Å². The Hall–Kier alpha value is -3.00. The Bertz CT molecular complexity index is 2360. The normalized spacial score (nSPS) is 46.9. The molecule has 0 unspecified atom stereocenters. The molecule has 0 aromatic rings. The number of aliphatic hydroxyl groups is 7. The van der Waals surface area contributed by atoms with Gasteiger partial charge in [0.15, 0.2) is 17.4 Å². The third kappa shape index (κ3) is 15.9. The summed E-state index contributed by atoms with van der Waals surface area (Å²) in [5.74, 6) is -8.93. The summed E-state index contributed by atoms with van der Waals surface area (Å²) in [5, 5.41) is 82.5. The lowest BCUT2D eigenvalue weighted by Gasteiger charge is -2.51. The van der Waals surface area contributed by atoms with E-state index >= 15 is 0 Å². The van der Waals surface area contributed by atoms with Crippen LogP contribution >= 0.6 is 11.6 Å². The molecule has 8 heterocycles. The lowest BCUT2D eigenvalue weighted by Crippen LogP contribution is -2.65. The first kappa shape index (κ1) is 65.0. The second-order valence-corrected chi connectivity index (χ2v) is 25.9. The zero-order valence-corrected chi connectivity index (χ0v) is 49.4. The lowest BCUT2D eigenvalue weighted by molar-refractivity contribution is -0.350. The van der Waals surface area contributed by atoms with E-state index in [1.54, 1.807) is 27.9 Å². The maximum Gasteiger partial charge on any atom is 0.308 e. The minimum Gasteiger partial charge on any atom is -0.462 e. The summed E-state index contributed by atoms with van der Waals surface area (Å²) in [6.45, 7) is 18.1. The highest BCUT2D eigenvalue weighted by molar-refractivity contribution is 6.30. The number of aliphatic hydroxyl groups excluding tert-OH is 5. The number of carbonyl (C=O) groups excluding carboxylic acids is 3. The summed E-state index contributed by atoms with van der Waals surface area (Å²) in [4.78, 5) is 41.2. The summed E-state index contributed by atoms with van der Waals surface area (Å²) in [7, 11) is 1.61. The highest BCUT2D eigenvalue weighted by atomic mass is 35.5. The molecule has 7 N–H and O–H groups in total. The molecule has 0 radical (unpaired) electrons.